The third-order valence-corrected chi connectivity index (χ3v) is 6.93. The van der Waals surface area contributed by atoms with Crippen LogP contribution in [0.2, 0.25) is 0 Å². The number of aromatic nitrogens is 3. The highest BCUT2D eigenvalue weighted by atomic mass is 16.7. The first-order chi connectivity index (χ1) is 17.2. The van der Waals surface area contributed by atoms with Gasteiger partial charge in [-0.25, -0.2) is 9.97 Å². The van der Waals surface area contributed by atoms with E-state index in [0.29, 0.717) is 12.7 Å². The second-order valence-corrected chi connectivity index (χ2v) is 9.31. The number of fused-ring (bicyclic) bond motifs is 1. The summed E-state index contributed by atoms with van der Waals surface area (Å²) >= 11 is 0. The highest BCUT2D eigenvalue weighted by Crippen LogP contribution is 2.37. The van der Waals surface area contributed by atoms with Crippen molar-refractivity contribution in [1.82, 2.24) is 19.9 Å². The van der Waals surface area contributed by atoms with E-state index < -0.39 is 0 Å². The summed E-state index contributed by atoms with van der Waals surface area (Å²) in [6.45, 7) is 5.38. The van der Waals surface area contributed by atoms with Crippen LogP contribution in [-0.4, -0.2) is 39.7 Å². The summed E-state index contributed by atoms with van der Waals surface area (Å²) in [6.07, 6.45) is 7.85. The third-order valence-electron chi connectivity index (χ3n) is 6.93. The maximum Gasteiger partial charge on any atom is 0.231 e. The minimum absolute atomic E-state index is 0.305. The van der Waals surface area contributed by atoms with Gasteiger partial charge in [0, 0.05) is 48.7 Å². The number of pyridine rings is 1. The molecule has 4 heterocycles. The Morgan fingerprint density at radius 1 is 0.971 bits per heavy atom. The van der Waals surface area contributed by atoms with Crippen molar-refractivity contribution >= 4 is 0 Å². The van der Waals surface area contributed by atoms with Crippen LogP contribution in [0.1, 0.15) is 35.6 Å². The van der Waals surface area contributed by atoms with Gasteiger partial charge in [0.05, 0.1) is 5.69 Å². The van der Waals surface area contributed by atoms with Gasteiger partial charge in [0.2, 0.25) is 6.79 Å². The Hall–Kier alpha value is -3.77. The van der Waals surface area contributed by atoms with Crippen molar-refractivity contribution in [2.75, 3.05) is 19.9 Å². The van der Waals surface area contributed by atoms with Gasteiger partial charge in [0.25, 0.3) is 0 Å². The highest BCUT2D eigenvalue weighted by Gasteiger charge is 2.27. The molecule has 0 bridgehead atoms. The van der Waals surface area contributed by atoms with Crippen molar-refractivity contribution < 1.29 is 9.47 Å². The number of likely N-dealkylation sites (tertiary alicyclic amines) is 1. The van der Waals surface area contributed by atoms with Gasteiger partial charge >= 0.3 is 0 Å². The maximum absolute atomic E-state index is 5.59. The van der Waals surface area contributed by atoms with Crippen molar-refractivity contribution in [2.45, 2.75) is 32.2 Å². The number of benzene rings is 2. The van der Waals surface area contributed by atoms with Gasteiger partial charge in [0.1, 0.15) is 0 Å². The monoisotopic (exact) mass is 464 g/mol. The van der Waals surface area contributed by atoms with Crippen molar-refractivity contribution in [3.05, 3.63) is 90.0 Å². The van der Waals surface area contributed by atoms with Gasteiger partial charge < -0.3 is 9.47 Å². The lowest BCUT2D eigenvalue weighted by molar-refractivity contribution is 0.173. The SMILES string of the molecule is Cc1ccccc1-c1cnc(-c2ccncc2)nc1[C@H]1CCCN(Cc2ccc3c(c2)OCO3)C1. The van der Waals surface area contributed by atoms with Gasteiger partial charge in [0.15, 0.2) is 17.3 Å². The zero-order valence-electron chi connectivity index (χ0n) is 19.9. The average molecular weight is 465 g/mol. The average Bonchev–Trinajstić information content (AvgIpc) is 3.37. The molecule has 2 aromatic heterocycles. The van der Waals surface area contributed by atoms with Crippen LogP contribution in [0, 0.1) is 6.92 Å². The van der Waals surface area contributed by atoms with E-state index in [-0.39, 0.29) is 0 Å². The Morgan fingerprint density at radius 3 is 2.71 bits per heavy atom. The predicted octanol–water partition coefficient (Wildman–Crippen LogP) is 5.62. The van der Waals surface area contributed by atoms with Crippen LogP contribution < -0.4 is 9.47 Å². The summed E-state index contributed by atoms with van der Waals surface area (Å²) in [7, 11) is 0. The molecular formula is C29H28N4O2. The van der Waals surface area contributed by atoms with Gasteiger partial charge in [-0.1, -0.05) is 30.3 Å². The molecule has 0 spiro atoms. The summed E-state index contributed by atoms with van der Waals surface area (Å²) in [6, 6.07) is 18.7. The zero-order valence-corrected chi connectivity index (χ0v) is 19.9. The second-order valence-electron chi connectivity index (χ2n) is 9.31. The van der Waals surface area contributed by atoms with Crippen LogP contribution in [0.3, 0.4) is 0 Å². The molecule has 1 saturated heterocycles. The zero-order chi connectivity index (χ0) is 23.6. The molecule has 0 unspecified atom stereocenters. The largest absolute Gasteiger partial charge is 0.454 e. The Balaban J connectivity index is 1.33. The van der Waals surface area contributed by atoms with Crippen LogP contribution in [0.5, 0.6) is 11.5 Å². The minimum atomic E-state index is 0.305. The normalized spacial score (nSPS) is 17.5. The number of rotatable bonds is 5. The molecule has 2 aliphatic heterocycles. The first kappa shape index (κ1) is 21.7. The molecular weight excluding hydrogens is 436 g/mol. The maximum atomic E-state index is 5.59. The van der Waals surface area contributed by atoms with Crippen LogP contribution in [-0.2, 0) is 6.54 Å². The van der Waals surface area contributed by atoms with E-state index in [0.717, 1.165) is 66.6 Å². The van der Waals surface area contributed by atoms with Gasteiger partial charge in [-0.15, -0.1) is 0 Å². The van der Waals surface area contributed by atoms with Crippen molar-refractivity contribution in [3.8, 4) is 34.0 Å². The molecule has 2 aliphatic rings. The highest BCUT2D eigenvalue weighted by molar-refractivity contribution is 5.70. The molecule has 176 valence electrons. The van der Waals surface area contributed by atoms with Crippen LogP contribution in [0.15, 0.2) is 73.2 Å². The quantitative estimate of drug-likeness (QED) is 0.382. The van der Waals surface area contributed by atoms with Gasteiger partial charge in [-0.2, -0.15) is 0 Å². The number of piperidine rings is 1. The molecule has 6 rings (SSSR count). The smallest absolute Gasteiger partial charge is 0.231 e. The lowest BCUT2D eigenvalue weighted by Crippen LogP contribution is -2.34. The lowest BCUT2D eigenvalue weighted by Gasteiger charge is -2.33. The molecule has 2 aromatic carbocycles. The fourth-order valence-corrected chi connectivity index (χ4v) is 5.15. The number of nitrogens with zero attached hydrogens (tertiary/aromatic N) is 4. The molecule has 6 nitrogen and oxygen atoms in total. The molecule has 0 radical (unpaired) electrons. The van der Waals surface area contributed by atoms with Crippen LogP contribution >= 0.6 is 0 Å². The molecule has 1 fully saturated rings. The van der Waals surface area contributed by atoms with Crippen molar-refractivity contribution in [2.24, 2.45) is 0 Å². The summed E-state index contributed by atoms with van der Waals surface area (Å²) in [5, 5.41) is 0. The topological polar surface area (TPSA) is 60.4 Å². The third kappa shape index (κ3) is 4.49. The number of hydrogen-bond donors (Lipinski definition) is 0. The molecule has 0 N–H and O–H groups in total. The molecule has 0 amide bonds. The molecule has 1 atom stereocenters. The Labute approximate surface area is 205 Å². The van der Waals surface area contributed by atoms with E-state index in [2.05, 4.69) is 53.2 Å². The van der Waals surface area contributed by atoms with Gasteiger partial charge in [-0.3, -0.25) is 9.88 Å². The molecule has 0 aliphatic carbocycles. The van der Waals surface area contributed by atoms with E-state index in [4.69, 9.17) is 19.4 Å². The first-order valence-corrected chi connectivity index (χ1v) is 12.2. The first-order valence-electron chi connectivity index (χ1n) is 12.2. The minimum Gasteiger partial charge on any atom is -0.454 e. The number of hydrogen-bond acceptors (Lipinski definition) is 6. The molecule has 35 heavy (non-hydrogen) atoms. The summed E-state index contributed by atoms with van der Waals surface area (Å²) in [5.74, 6) is 2.76. The Kier molecular flexibility index (Phi) is 5.88. The van der Waals surface area contributed by atoms with E-state index >= 15 is 0 Å². The summed E-state index contributed by atoms with van der Waals surface area (Å²) in [5.41, 5.74) is 6.95. The summed E-state index contributed by atoms with van der Waals surface area (Å²) < 4.78 is 11.1. The fraction of sp³-hybridized carbons (Fsp3) is 0.276. The Morgan fingerprint density at radius 2 is 1.83 bits per heavy atom. The second kappa shape index (κ2) is 9.47. The Bertz CT molecular complexity index is 1340. The summed E-state index contributed by atoms with van der Waals surface area (Å²) in [4.78, 5) is 16.6. The number of ether oxygens (including phenoxy) is 2. The van der Waals surface area contributed by atoms with E-state index in [1.807, 2.05) is 24.4 Å². The van der Waals surface area contributed by atoms with Crippen LogP contribution in [0.25, 0.3) is 22.5 Å². The standard InChI is InChI=1S/C29H28N4O2/c1-20-5-2-3-7-24(20)25-16-31-29(22-10-12-30-13-11-22)32-28(25)23-6-4-14-33(18-23)17-21-8-9-26-27(15-21)35-19-34-26/h2-3,5,7-13,15-16,23H,4,6,14,17-19H2,1H3/t23-/m0/s1. The van der Waals surface area contributed by atoms with Crippen molar-refractivity contribution in [1.29, 1.82) is 0 Å². The molecule has 4 aromatic rings. The van der Waals surface area contributed by atoms with Crippen molar-refractivity contribution in [3.63, 3.8) is 0 Å². The van der Waals surface area contributed by atoms with E-state index in [1.165, 1.54) is 16.7 Å². The van der Waals surface area contributed by atoms with E-state index in [1.54, 1.807) is 12.4 Å². The predicted molar refractivity (Wildman–Crippen MR) is 135 cm³/mol. The molecule has 0 saturated carbocycles. The molecule has 6 heteroatoms. The lowest BCUT2D eigenvalue weighted by atomic mass is 9.88. The fourth-order valence-electron chi connectivity index (χ4n) is 5.15. The number of aryl methyl sites for hydroxylation is 1. The van der Waals surface area contributed by atoms with Crippen LogP contribution in [0.4, 0.5) is 0 Å². The van der Waals surface area contributed by atoms with Gasteiger partial charge in [-0.05, 0) is 67.3 Å². The van der Waals surface area contributed by atoms with E-state index in [9.17, 15) is 0 Å².